The van der Waals surface area contributed by atoms with Crippen molar-refractivity contribution in [3.8, 4) is 11.5 Å². The van der Waals surface area contributed by atoms with Gasteiger partial charge in [0, 0.05) is 17.1 Å². The zero-order valence-corrected chi connectivity index (χ0v) is 12.3. The first-order valence-electron chi connectivity index (χ1n) is 7.13. The lowest BCUT2D eigenvalue weighted by Crippen LogP contribution is -2.30. The molecule has 0 fully saturated rings. The summed E-state index contributed by atoms with van der Waals surface area (Å²) in [5.74, 6) is 2.56. The zero-order chi connectivity index (χ0) is 14.2. The van der Waals surface area contributed by atoms with Gasteiger partial charge in [0.15, 0.2) is 0 Å². The molecule has 2 aliphatic rings. The van der Waals surface area contributed by atoms with Crippen molar-refractivity contribution in [1.29, 1.82) is 0 Å². The Bertz CT molecular complexity index is 671. The van der Waals surface area contributed by atoms with E-state index in [1.54, 1.807) is 11.8 Å². The smallest absolute Gasteiger partial charge is 0.138 e. The molecule has 0 bridgehead atoms. The van der Waals surface area contributed by atoms with Gasteiger partial charge in [0.25, 0.3) is 0 Å². The Morgan fingerprint density at radius 2 is 2.05 bits per heavy atom. The van der Waals surface area contributed by atoms with E-state index < -0.39 is 6.10 Å². The second-order valence-electron chi connectivity index (χ2n) is 5.32. The highest BCUT2D eigenvalue weighted by atomic mass is 32.2. The SMILES string of the molecule is OC(c1ccc2c(c1)CCO2)C1CSc2ccccc2O1. The number of aliphatic hydroxyl groups is 1. The molecule has 0 radical (unpaired) electrons. The number of ether oxygens (including phenoxy) is 2. The fourth-order valence-electron chi connectivity index (χ4n) is 2.80. The molecule has 3 nitrogen and oxygen atoms in total. The van der Waals surface area contributed by atoms with Crippen molar-refractivity contribution in [3.63, 3.8) is 0 Å². The molecular formula is C17H16O3S. The van der Waals surface area contributed by atoms with Gasteiger partial charge in [-0.05, 0) is 35.4 Å². The van der Waals surface area contributed by atoms with Crippen LogP contribution in [0.25, 0.3) is 0 Å². The number of thioether (sulfide) groups is 1. The molecule has 108 valence electrons. The average Bonchev–Trinajstić information content (AvgIpc) is 3.01. The molecule has 2 aromatic carbocycles. The van der Waals surface area contributed by atoms with E-state index in [0.29, 0.717) is 0 Å². The topological polar surface area (TPSA) is 38.7 Å². The van der Waals surface area contributed by atoms with E-state index in [1.807, 2.05) is 36.4 Å². The molecule has 0 saturated carbocycles. The van der Waals surface area contributed by atoms with Crippen LogP contribution in [-0.2, 0) is 6.42 Å². The summed E-state index contributed by atoms with van der Waals surface area (Å²) in [5, 5.41) is 10.6. The lowest BCUT2D eigenvalue weighted by Gasteiger charge is -2.29. The Morgan fingerprint density at radius 1 is 1.14 bits per heavy atom. The van der Waals surface area contributed by atoms with Crippen molar-refractivity contribution < 1.29 is 14.6 Å². The summed E-state index contributed by atoms with van der Waals surface area (Å²) in [6.07, 6.45) is 0.0842. The zero-order valence-electron chi connectivity index (χ0n) is 11.5. The normalized spacial score (nSPS) is 20.9. The number of fused-ring (bicyclic) bond motifs is 2. The third kappa shape index (κ3) is 2.39. The van der Waals surface area contributed by atoms with Gasteiger partial charge in [-0.3, -0.25) is 0 Å². The Morgan fingerprint density at radius 3 is 3.00 bits per heavy atom. The number of hydrogen-bond donors (Lipinski definition) is 1. The molecule has 1 N–H and O–H groups in total. The van der Waals surface area contributed by atoms with E-state index in [1.165, 1.54) is 5.56 Å². The van der Waals surface area contributed by atoms with E-state index in [4.69, 9.17) is 9.47 Å². The maximum absolute atomic E-state index is 10.6. The van der Waals surface area contributed by atoms with Crippen molar-refractivity contribution in [2.75, 3.05) is 12.4 Å². The van der Waals surface area contributed by atoms with Gasteiger partial charge in [-0.15, -0.1) is 11.8 Å². The fourth-order valence-corrected chi connectivity index (χ4v) is 3.82. The Kier molecular flexibility index (Phi) is 3.28. The second kappa shape index (κ2) is 5.28. The maximum Gasteiger partial charge on any atom is 0.138 e. The Labute approximate surface area is 127 Å². The minimum absolute atomic E-state index is 0.217. The van der Waals surface area contributed by atoms with Crippen molar-refractivity contribution in [1.82, 2.24) is 0 Å². The molecule has 0 spiro atoms. The minimum atomic E-state index is -0.614. The van der Waals surface area contributed by atoms with Crippen molar-refractivity contribution in [2.45, 2.75) is 23.5 Å². The van der Waals surface area contributed by atoms with E-state index in [-0.39, 0.29) is 6.10 Å². The van der Waals surface area contributed by atoms with Crippen molar-refractivity contribution in [2.24, 2.45) is 0 Å². The third-order valence-corrected chi connectivity index (χ3v) is 5.08. The predicted molar refractivity (Wildman–Crippen MR) is 82.2 cm³/mol. The number of benzene rings is 2. The molecule has 2 aliphatic heterocycles. The summed E-state index contributed by atoms with van der Waals surface area (Å²) in [6, 6.07) is 13.9. The van der Waals surface area contributed by atoms with Crippen LogP contribution in [0.3, 0.4) is 0 Å². The van der Waals surface area contributed by atoms with Crippen LogP contribution >= 0.6 is 11.8 Å². The molecule has 0 amide bonds. The highest BCUT2D eigenvalue weighted by Gasteiger charge is 2.28. The van der Waals surface area contributed by atoms with Gasteiger partial charge < -0.3 is 14.6 Å². The molecule has 0 aliphatic carbocycles. The quantitative estimate of drug-likeness (QED) is 0.924. The molecule has 0 aromatic heterocycles. The van der Waals surface area contributed by atoms with Crippen LogP contribution in [0.1, 0.15) is 17.2 Å². The van der Waals surface area contributed by atoms with E-state index >= 15 is 0 Å². The fraction of sp³-hybridized carbons (Fsp3) is 0.294. The molecule has 2 aromatic rings. The molecule has 0 saturated heterocycles. The molecular weight excluding hydrogens is 284 g/mol. The average molecular weight is 300 g/mol. The number of rotatable bonds is 2. The number of hydrogen-bond acceptors (Lipinski definition) is 4. The van der Waals surface area contributed by atoms with E-state index in [0.717, 1.165) is 40.7 Å². The second-order valence-corrected chi connectivity index (χ2v) is 6.39. The third-order valence-electron chi connectivity index (χ3n) is 3.94. The van der Waals surface area contributed by atoms with E-state index in [9.17, 15) is 5.11 Å². The van der Waals surface area contributed by atoms with Crippen molar-refractivity contribution in [3.05, 3.63) is 53.6 Å². The van der Waals surface area contributed by atoms with Crippen LogP contribution in [0, 0.1) is 0 Å². The molecule has 2 heterocycles. The largest absolute Gasteiger partial charge is 0.493 e. The molecule has 21 heavy (non-hydrogen) atoms. The molecule has 2 unspecified atom stereocenters. The Hall–Kier alpha value is -1.65. The summed E-state index contributed by atoms with van der Waals surface area (Å²) < 4.78 is 11.5. The van der Waals surface area contributed by atoms with Gasteiger partial charge in [0.05, 0.1) is 6.61 Å². The lowest BCUT2D eigenvalue weighted by molar-refractivity contribution is 0.0457. The number of para-hydroxylation sites is 1. The highest BCUT2D eigenvalue weighted by Crippen LogP contribution is 2.39. The summed E-state index contributed by atoms with van der Waals surface area (Å²) in [4.78, 5) is 1.14. The lowest BCUT2D eigenvalue weighted by atomic mass is 10.0. The van der Waals surface area contributed by atoms with Gasteiger partial charge in [-0.25, -0.2) is 0 Å². The predicted octanol–water partition coefficient (Wildman–Crippen LogP) is 3.21. The monoisotopic (exact) mass is 300 g/mol. The van der Waals surface area contributed by atoms with Crippen LogP contribution in [-0.4, -0.2) is 23.6 Å². The van der Waals surface area contributed by atoms with Gasteiger partial charge in [-0.2, -0.15) is 0 Å². The van der Waals surface area contributed by atoms with Crippen LogP contribution in [0.2, 0.25) is 0 Å². The van der Waals surface area contributed by atoms with Crippen LogP contribution in [0.15, 0.2) is 47.4 Å². The molecule has 4 heteroatoms. The standard InChI is InChI=1S/C17H16O3S/c18-17(12-5-6-13-11(9-12)7-8-19-13)15-10-21-16-4-2-1-3-14(16)20-15/h1-6,9,15,17-18H,7-8,10H2. The highest BCUT2D eigenvalue weighted by molar-refractivity contribution is 7.99. The summed E-state index contributed by atoms with van der Waals surface area (Å²) in [6.45, 7) is 0.734. The minimum Gasteiger partial charge on any atom is -0.493 e. The first-order chi connectivity index (χ1) is 10.3. The summed E-state index contributed by atoms with van der Waals surface area (Å²) in [5.41, 5.74) is 2.08. The van der Waals surface area contributed by atoms with Gasteiger partial charge >= 0.3 is 0 Å². The molecule has 2 atom stereocenters. The first kappa shape index (κ1) is 13.0. The van der Waals surface area contributed by atoms with E-state index in [2.05, 4.69) is 6.07 Å². The van der Waals surface area contributed by atoms with Gasteiger partial charge in [0.2, 0.25) is 0 Å². The van der Waals surface area contributed by atoms with Crippen LogP contribution in [0.4, 0.5) is 0 Å². The molecule has 4 rings (SSSR count). The Balaban J connectivity index is 1.57. The maximum atomic E-state index is 10.6. The van der Waals surface area contributed by atoms with Crippen LogP contribution in [0.5, 0.6) is 11.5 Å². The number of aliphatic hydroxyl groups excluding tert-OH is 1. The first-order valence-corrected chi connectivity index (χ1v) is 8.12. The summed E-state index contributed by atoms with van der Waals surface area (Å²) >= 11 is 1.74. The van der Waals surface area contributed by atoms with Crippen molar-refractivity contribution >= 4 is 11.8 Å². The summed E-state index contributed by atoms with van der Waals surface area (Å²) in [7, 11) is 0. The van der Waals surface area contributed by atoms with Crippen LogP contribution < -0.4 is 9.47 Å². The van der Waals surface area contributed by atoms with Gasteiger partial charge in [0.1, 0.15) is 23.7 Å². The van der Waals surface area contributed by atoms with Gasteiger partial charge in [-0.1, -0.05) is 18.2 Å².